The van der Waals surface area contributed by atoms with E-state index in [1.807, 2.05) is 13.8 Å². The molecule has 1 fully saturated rings. The summed E-state index contributed by atoms with van der Waals surface area (Å²) in [6.45, 7) is 3.82. The molecule has 0 N–H and O–H groups in total. The second-order valence-electron chi connectivity index (χ2n) is 6.36. The van der Waals surface area contributed by atoms with Gasteiger partial charge in [-0.05, 0) is 30.5 Å². The maximum atomic E-state index is 13.2. The molecule has 0 unspecified atom stereocenters. The molecule has 25 heavy (non-hydrogen) atoms. The summed E-state index contributed by atoms with van der Waals surface area (Å²) in [5, 5.41) is 3.85. The lowest BCUT2D eigenvalue weighted by Crippen LogP contribution is -2.34. The number of carbonyl (C=O) groups excluding carboxylic acids is 2. The number of amides is 2. The third-order valence-corrected chi connectivity index (χ3v) is 4.90. The van der Waals surface area contributed by atoms with Crippen LogP contribution in [0.4, 0.5) is 4.39 Å². The largest absolute Gasteiger partial charge is 0.337 e. The zero-order chi connectivity index (χ0) is 18.0. The molecule has 0 radical (unpaired) electrons. The highest BCUT2D eigenvalue weighted by Crippen LogP contribution is 2.39. The van der Waals surface area contributed by atoms with E-state index in [4.69, 9.17) is 4.52 Å². The highest BCUT2D eigenvalue weighted by atomic mass is 19.1. The Morgan fingerprint density at radius 1 is 1.28 bits per heavy atom. The van der Waals surface area contributed by atoms with Gasteiger partial charge in [-0.3, -0.25) is 14.5 Å². The van der Waals surface area contributed by atoms with Gasteiger partial charge in [-0.15, -0.1) is 0 Å². The minimum atomic E-state index is -0.610. The number of hydrogen-bond acceptors (Lipinski definition) is 5. The number of hydrogen-bond donors (Lipinski definition) is 0. The van der Waals surface area contributed by atoms with Gasteiger partial charge >= 0.3 is 0 Å². The first kappa shape index (κ1) is 17.3. The van der Waals surface area contributed by atoms with E-state index in [1.54, 1.807) is 12.1 Å². The van der Waals surface area contributed by atoms with Crippen LogP contribution in [0.15, 0.2) is 28.8 Å². The molecule has 1 aromatic carbocycles. The Morgan fingerprint density at radius 3 is 2.68 bits per heavy atom. The Balaban J connectivity index is 1.71. The van der Waals surface area contributed by atoms with E-state index in [-0.39, 0.29) is 36.5 Å². The Kier molecular flexibility index (Phi) is 4.65. The fourth-order valence-electron chi connectivity index (χ4n) is 3.21. The zero-order valence-electron chi connectivity index (χ0n) is 14.3. The number of aromatic nitrogens is 2. The lowest BCUT2D eigenvalue weighted by atomic mass is 9.81. The van der Waals surface area contributed by atoms with Gasteiger partial charge in [0.25, 0.3) is 0 Å². The highest BCUT2D eigenvalue weighted by molar-refractivity contribution is 6.05. The van der Waals surface area contributed by atoms with Gasteiger partial charge in [0.1, 0.15) is 12.4 Å². The highest BCUT2D eigenvalue weighted by Gasteiger charge is 2.49. The van der Waals surface area contributed by atoms with Gasteiger partial charge < -0.3 is 4.52 Å². The molecule has 0 spiro atoms. The fraction of sp³-hybridized carbons (Fsp3) is 0.444. The number of nitrogens with zero attached hydrogens (tertiary/aromatic N) is 3. The van der Waals surface area contributed by atoms with Crippen LogP contribution in [0.5, 0.6) is 0 Å². The van der Waals surface area contributed by atoms with E-state index in [9.17, 15) is 14.0 Å². The molecule has 0 aliphatic carbocycles. The summed E-state index contributed by atoms with van der Waals surface area (Å²) in [5.74, 6) is -0.121. The normalized spacial score (nSPS) is 16.7. The van der Waals surface area contributed by atoms with Crippen LogP contribution < -0.4 is 0 Å². The number of rotatable bonds is 6. The molecule has 1 aliphatic rings. The first-order valence-electron chi connectivity index (χ1n) is 8.38. The van der Waals surface area contributed by atoms with Crippen molar-refractivity contribution in [1.29, 1.82) is 0 Å². The van der Waals surface area contributed by atoms with Gasteiger partial charge in [-0.25, -0.2) is 4.39 Å². The quantitative estimate of drug-likeness (QED) is 0.753. The molecule has 3 rings (SSSR count). The van der Waals surface area contributed by atoms with Crippen molar-refractivity contribution in [2.75, 3.05) is 0 Å². The van der Waals surface area contributed by atoms with Gasteiger partial charge in [0.15, 0.2) is 5.82 Å². The Hall–Kier alpha value is -2.57. The molecule has 6 nitrogen and oxygen atoms in total. The standard InChI is InChI=1S/C18H20FN3O3/c1-3-18(4-2)10-16(23)22(17(18)24)11-15-20-14(21-25-15)9-12-6-5-7-13(19)8-12/h5-8H,3-4,9-11H2,1-2H3. The van der Waals surface area contributed by atoms with E-state index >= 15 is 0 Å². The van der Waals surface area contributed by atoms with Crippen LogP contribution in [0, 0.1) is 11.2 Å². The van der Waals surface area contributed by atoms with E-state index in [0.717, 1.165) is 5.56 Å². The SMILES string of the molecule is CCC1(CC)CC(=O)N(Cc2nc(Cc3cccc(F)c3)no2)C1=O. The second-order valence-corrected chi connectivity index (χ2v) is 6.36. The number of carbonyl (C=O) groups is 2. The molecule has 0 saturated carbocycles. The van der Waals surface area contributed by atoms with Crippen molar-refractivity contribution in [3.63, 3.8) is 0 Å². The van der Waals surface area contributed by atoms with Crippen molar-refractivity contribution in [2.24, 2.45) is 5.41 Å². The number of likely N-dealkylation sites (tertiary alicyclic amines) is 1. The lowest BCUT2D eigenvalue weighted by molar-refractivity contribution is -0.142. The topological polar surface area (TPSA) is 76.3 Å². The predicted molar refractivity (Wildman–Crippen MR) is 86.7 cm³/mol. The van der Waals surface area contributed by atoms with Crippen molar-refractivity contribution in [2.45, 2.75) is 46.1 Å². The smallest absolute Gasteiger partial charge is 0.246 e. The summed E-state index contributed by atoms with van der Waals surface area (Å²) < 4.78 is 18.4. The van der Waals surface area contributed by atoms with Crippen molar-refractivity contribution >= 4 is 11.8 Å². The minimum absolute atomic E-state index is 0.0183. The fourth-order valence-corrected chi connectivity index (χ4v) is 3.21. The summed E-state index contributed by atoms with van der Waals surface area (Å²) in [6.07, 6.45) is 1.79. The number of halogens is 1. The first-order chi connectivity index (χ1) is 12.0. The molecule has 2 amide bonds. The number of imide groups is 1. The monoisotopic (exact) mass is 345 g/mol. The summed E-state index contributed by atoms with van der Waals surface area (Å²) >= 11 is 0. The Labute approximate surface area is 145 Å². The molecule has 1 aliphatic heterocycles. The van der Waals surface area contributed by atoms with E-state index in [2.05, 4.69) is 10.1 Å². The Morgan fingerprint density at radius 2 is 2.04 bits per heavy atom. The van der Waals surface area contributed by atoms with Gasteiger partial charge in [0.05, 0.1) is 5.41 Å². The summed E-state index contributed by atoms with van der Waals surface area (Å²) in [6, 6.07) is 6.15. The first-order valence-corrected chi connectivity index (χ1v) is 8.38. The van der Waals surface area contributed by atoms with Crippen molar-refractivity contribution < 1.29 is 18.5 Å². The third-order valence-electron chi connectivity index (χ3n) is 4.90. The van der Waals surface area contributed by atoms with E-state index in [0.29, 0.717) is 25.1 Å². The molecular formula is C18H20FN3O3. The molecular weight excluding hydrogens is 325 g/mol. The molecule has 1 aromatic heterocycles. The molecule has 2 aromatic rings. The average molecular weight is 345 g/mol. The lowest BCUT2D eigenvalue weighted by Gasteiger charge is -2.22. The predicted octanol–water partition coefficient (Wildman–Crippen LogP) is 2.86. The maximum absolute atomic E-state index is 13.2. The van der Waals surface area contributed by atoms with Crippen molar-refractivity contribution in [1.82, 2.24) is 15.0 Å². The van der Waals surface area contributed by atoms with E-state index in [1.165, 1.54) is 17.0 Å². The maximum Gasteiger partial charge on any atom is 0.246 e. The van der Waals surface area contributed by atoms with Gasteiger partial charge in [-0.2, -0.15) is 4.98 Å². The van der Waals surface area contributed by atoms with Crippen LogP contribution >= 0.6 is 0 Å². The number of benzene rings is 1. The van der Waals surface area contributed by atoms with Crippen LogP contribution in [0.3, 0.4) is 0 Å². The van der Waals surface area contributed by atoms with Crippen LogP contribution in [0.2, 0.25) is 0 Å². The van der Waals surface area contributed by atoms with Gasteiger partial charge in [0, 0.05) is 12.8 Å². The molecule has 2 heterocycles. The van der Waals surface area contributed by atoms with Gasteiger partial charge in [0.2, 0.25) is 17.7 Å². The van der Waals surface area contributed by atoms with E-state index < -0.39 is 5.41 Å². The zero-order valence-corrected chi connectivity index (χ0v) is 14.3. The average Bonchev–Trinajstić information content (AvgIpc) is 3.13. The van der Waals surface area contributed by atoms with Crippen LogP contribution in [0.25, 0.3) is 0 Å². The summed E-state index contributed by atoms with van der Waals surface area (Å²) in [7, 11) is 0. The van der Waals surface area contributed by atoms with Crippen molar-refractivity contribution in [3.8, 4) is 0 Å². The molecule has 1 saturated heterocycles. The van der Waals surface area contributed by atoms with Crippen LogP contribution in [0.1, 0.15) is 50.4 Å². The second kappa shape index (κ2) is 6.74. The Bertz CT molecular complexity index is 798. The molecule has 0 bridgehead atoms. The molecule has 0 atom stereocenters. The summed E-state index contributed by atoms with van der Waals surface area (Å²) in [5.41, 5.74) is 0.110. The van der Waals surface area contributed by atoms with Crippen LogP contribution in [-0.2, 0) is 22.6 Å². The molecule has 7 heteroatoms. The van der Waals surface area contributed by atoms with Crippen molar-refractivity contribution in [3.05, 3.63) is 47.4 Å². The van der Waals surface area contributed by atoms with Crippen LogP contribution in [-0.4, -0.2) is 26.9 Å². The third kappa shape index (κ3) is 3.31. The van der Waals surface area contributed by atoms with Gasteiger partial charge in [-0.1, -0.05) is 31.1 Å². The summed E-state index contributed by atoms with van der Waals surface area (Å²) in [4.78, 5) is 30.3. The molecule has 132 valence electrons. The minimum Gasteiger partial charge on any atom is -0.337 e.